The minimum absolute atomic E-state index is 0.0435. The second-order valence-corrected chi connectivity index (χ2v) is 9.80. The fraction of sp³-hybridized carbons (Fsp3) is 0.172. The molecule has 0 atom stereocenters. The van der Waals surface area contributed by atoms with Gasteiger partial charge in [0.25, 0.3) is 11.6 Å². The van der Waals surface area contributed by atoms with Crippen molar-refractivity contribution in [2.45, 2.75) is 32.3 Å². The van der Waals surface area contributed by atoms with E-state index in [1.54, 1.807) is 29.7 Å². The van der Waals surface area contributed by atoms with E-state index in [0.717, 1.165) is 48.1 Å². The lowest BCUT2D eigenvalue weighted by atomic mass is 9.95. The lowest BCUT2D eigenvalue weighted by molar-refractivity contribution is -0.384. The van der Waals surface area contributed by atoms with Crippen molar-refractivity contribution in [3.8, 4) is 5.75 Å². The van der Waals surface area contributed by atoms with Crippen molar-refractivity contribution in [3.05, 3.63) is 116 Å². The monoisotopic (exact) mass is 511 g/mol. The first-order chi connectivity index (χ1) is 18.1. The molecule has 0 bridgehead atoms. The Labute approximate surface area is 218 Å². The molecule has 1 heterocycles. The van der Waals surface area contributed by atoms with Crippen LogP contribution in [0.3, 0.4) is 0 Å². The number of nitro groups is 1. The molecule has 0 unspecified atom stereocenters. The molecule has 7 nitrogen and oxygen atoms in total. The number of anilines is 1. The number of nitro benzene ring substituents is 1. The number of hydrogen-bond acceptors (Lipinski definition) is 6. The first-order valence-corrected chi connectivity index (χ1v) is 12.9. The highest BCUT2D eigenvalue weighted by atomic mass is 32.1. The minimum Gasteiger partial charge on any atom is -0.488 e. The standard InChI is InChI=1S/C29H25N3O4S/c33-28(31-22-9-2-1-3-10-22)27-24-11-5-7-13-26(24)37-29(27)30-18-21-8-4-6-12-25(21)36-19-20-14-16-23(17-15-20)32(34)35/h1-4,6,8-10,12,14-18H,5,7,11,13,19H2,(H,31,33). The summed E-state index contributed by atoms with van der Waals surface area (Å²) in [6, 6.07) is 23.3. The van der Waals surface area contributed by atoms with Crippen LogP contribution in [0.4, 0.5) is 16.4 Å². The molecule has 1 aromatic heterocycles. The SMILES string of the molecule is O=C(Nc1ccccc1)c1c(N=Cc2ccccc2OCc2ccc([N+](=O)[O-])cc2)sc2c1CCCC2. The molecule has 1 N–H and O–H groups in total. The number of carbonyl (C=O) groups is 1. The Morgan fingerprint density at radius 2 is 1.73 bits per heavy atom. The molecule has 0 saturated carbocycles. The molecule has 8 heteroatoms. The number of nitrogens with one attached hydrogen (secondary N) is 1. The Morgan fingerprint density at radius 3 is 2.51 bits per heavy atom. The Morgan fingerprint density at radius 1 is 1.00 bits per heavy atom. The van der Waals surface area contributed by atoms with E-state index in [-0.39, 0.29) is 18.2 Å². The number of benzene rings is 3. The van der Waals surface area contributed by atoms with E-state index in [1.165, 1.54) is 17.0 Å². The van der Waals surface area contributed by atoms with Crippen LogP contribution in [0.15, 0.2) is 83.9 Å². The average Bonchev–Trinajstić information content (AvgIpc) is 3.30. The lowest BCUT2D eigenvalue weighted by Crippen LogP contribution is -2.14. The average molecular weight is 512 g/mol. The van der Waals surface area contributed by atoms with E-state index in [2.05, 4.69) is 5.32 Å². The van der Waals surface area contributed by atoms with Gasteiger partial charge in [0.1, 0.15) is 17.4 Å². The molecule has 0 spiro atoms. The highest BCUT2D eigenvalue weighted by Crippen LogP contribution is 2.40. The smallest absolute Gasteiger partial charge is 0.269 e. The van der Waals surface area contributed by atoms with Gasteiger partial charge in [-0.2, -0.15) is 0 Å². The summed E-state index contributed by atoms with van der Waals surface area (Å²) < 4.78 is 6.01. The largest absolute Gasteiger partial charge is 0.488 e. The zero-order valence-electron chi connectivity index (χ0n) is 20.1. The summed E-state index contributed by atoms with van der Waals surface area (Å²) in [5, 5.41) is 14.6. The van der Waals surface area contributed by atoms with Gasteiger partial charge >= 0.3 is 0 Å². The van der Waals surface area contributed by atoms with Gasteiger partial charge in [-0.25, -0.2) is 4.99 Å². The third kappa shape index (κ3) is 5.76. The van der Waals surface area contributed by atoms with Crippen LogP contribution in [0, 0.1) is 10.1 Å². The third-order valence-electron chi connectivity index (χ3n) is 6.19. The first kappa shape index (κ1) is 24.4. The molecule has 1 amide bonds. The van der Waals surface area contributed by atoms with Crippen molar-refractivity contribution in [1.29, 1.82) is 0 Å². The van der Waals surface area contributed by atoms with Crippen LogP contribution in [-0.4, -0.2) is 17.0 Å². The lowest BCUT2D eigenvalue weighted by Gasteiger charge is -2.12. The van der Waals surface area contributed by atoms with E-state index < -0.39 is 4.92 Å². The van der Waals surface area contributed by atoms with Crippen LogP contribution in [0.1, 0.15) is 44.8 Å². The van der Waals surface area contributed by atoms with Crippen molar-refractivity contribution in [2.75, 3.05) is 5.32 Å². The van der Waals surface area contributed by atoms with Gasteiger partial charge in [0.05, 0.1) is 10.5 Å². The molecule has 0 fully saturated rings. The van der Waals surface area contributed by atoms with Crippen LogP contribution in [-0.2, 0) is 19.4 Å². The number of fused-ring (bicyclic) bond motifs is 1. The van der Waals surface area contributed by atoms with E-state index in [9.17, 15) is 14.9 Å². The van der Waals surface area contributed by atoms with Gasteiger partial charge in [-0.15, -0.1) is 11.3 Å². The summed E-state index contributed by atoms with van der Waals surface area (Å²) >= 11 is 1.59. The number of amides is 1. The molecule has 5 rings (SSSR count). The quantitative estimate of drug-likeness (QED) is 0.155. The van der Waals surface area contributed by atoms with E-state index in [1.807, 2.05) is 54.6 Å². The van der Waals surface area contributed by atoms with Gasteiger partial charge in [-0.1, -0.05) is 30.3 Å². The fourth-order valence-corrected chi connectivity index (χ4v) is 5.54. The summed E-state index contributed by atoms with van der Waals surface area (Å²) in [6.07, 6.45) is 5.78. The van der Waals surface area contributed by atoms with E-state index >= 15 is 0 Å². The molecule has 186 valence electrons. The third-order valence-corrected chi connectivity index (χ3v) is 7.39. The number of para-hydroxylation sites is 2. The number of carbonyl (C=O) groups excluding carboxylic acids is 1. The van der Waals surface area contributed by atoms with Crippen LogP contribution in [0.25, 0.3) is 0 Å². The Balaban J connectivity index is 1.38. The van der Waals surface area contributed by atoms with Gasteiger partial charge < -0.3 is 10.1 Å². The molecule has 4 aromatic rings. The molecule has 0 radical (unpaired) electrons. The number of aliphatic imine (C=N–C) groups is 1. The molecule has 0 aliphatic heterocycles. The maximum atomic E-state index is 13.3. The summed E-state index contributed by atoms with van der Waals surface area (Å²) in [4.78, 5) is 29.8. The second kappa shape index (κ2) is 11.2. The van der Waals surface area contributed by atoms with Gasteiger partial charge in [0, 0.05) is 34.5 Å². The van der Waals surface area contributed by atoms with E-state index in [4.69, 9.17) is 9.73 Å². The van der Waals surface area contributed by atoms with Gasteiger partial charge in [0.2, 0.25) is 0 Å². The molecule has 0 saturated heterocycles. The Hall–Kier alpha value is -4.30. The predicted molar refractivity (Wildman–Crippen MR) is 146 cm³/mol. The number of non-ortho nitro benzene ring substituents is 1. The van der Waals surface area contributed by atoms with Crippen LogP contribution in [0.5, 0.6) is 5.75 Å². The van der Waals surface area contributed by atoms with Crippen molar-refractivity contribution < 1.29 is 14.5 Å². The topological polar surface area (TPSA) is 93.8 Å². The fourth-order valence-electron chi connectivity index (χ4n) is 4.31. The first-order valence-electron chi connectivity index (χ1n) is 12.1. The highest BCUT2D eigenvalue weighted by Gasteiger charge is 2.25. The number of nitrogens with zero attached hydrogens (tertiary/aromatic N) is 2. The van der Waals surface area contributed by atoms with E-state index in [0.29, 0.717) is 16.3 Å². The van der Waals surface area contributed by atoms with Gasteiger partial charge in [0.15, 0.2) is 0 Å². The van der Waals surface area contributed by atoms with Crippen LogP contribution >= 0.6 is 11.3 Å². The summed E-state index contributed by atoms with van der Waals surface area (Å²) in [6.45, 7) is 0.265. The molecule has 1 aliphatic rings. The maximum absolute atomic E-state index is 13.3. The van der Waals surface area contributed by atoms with Crippen LogP contribution in [0.2, 0.25) is 0 Å². The number of thiophene rings is 1. The maximum Gasteiger partial charge on any atom is 0.269 e. The molecular weight excluding hydrogens is 486 g/mol. The highest BCUT2D eigenvalue weighted by molar-refractivity contribution is 7.16. The zero-order chi connectivity index (χ0) is 25.6. The minimum atomic E-state index is -0.423. The summed E-state index contributed by atoms with van der Waals surface area (Å²) in [5.41, 5.74) is 4.17. The summed E-state index contributed by atoms with van der Waals surface area (Å²) in [5.74, 6) is 0.502. The van der Waals surface area contributed by atoms with Crippen molar-refractivity contribution in [2.24, 2.45) is 4.99 Å². The van der Waals surface area contributed by atoms with Crippen molar-refractivity contribution in [1.82, 2.24) is 0 Å². The van der Waals surface area contributed by atoms with Crippen molar-refractivity contribution >= 4 is 39.8 Å². The molecule has 3 aromatic carbocycles. The molecular formula is C29H25N3O4S. The van der Waals surface area contributed by atoms with Crippen LogP contribution < -0.4 is 10.1 Å². The second-order valence-electron chi connectivity index (χ2n) is 8.72. The normalized spacial score (nSPS) is 12.8. The molecule has 1 aliphatic carbocycles. The Bertz CT molecular complexity index is 1450. The number of hydrogen-bond donors (Lipinski definition) is 1. The van der Waals surface area contributed by atoms with Crippen molar-refractivity contribution in [3.63, 3.8) is 0 Å². The number of rotatable bonds is 8. The van der Waals surface area contributed by atoms with Gasteiger partial charge in [-0.3, -0.25) is 14.9 Å². The molecule has 37 heavy (non-hydrogen) atoms. The number of aryl methyl sites for hydroxylation is 1. The zero-order valence-corrected chi connectivity index (χ0v) is 20.9. The van der Waals surface area contributed by atoms with Gasteiger partial charge in [-0.05, 0) is 73.2 Å². The number of ether oxygens (including phenoxy) is 1. The summed E-state index contributed by atoms with van der Waals surface area (Å²) in [7, 11) is 0. The Kier molecular flexibility index (Phi) is 7.37. The predicted octanol–water partition coefficient (Wildman–Crippen LogP) is 7.12.